The highest BCUT2D eigenvalue weighted by Gasteiger charge is 2.25. The Morgan fingerprint density at radius 3 is 1.42 bits per heavy atom. The van der Waals surface area contributed by atoms with Crippen LogP contribution in [0, 0.1) is 25.7 Å². The van der Waals surface area contributed by atoms with E-state index in [4.69, 9.17) is 39.1 Å². The molecule has 0 amide bonds. The number of aliphatic hydroxyl groups excluding tert-OH is 2. The highest BCUT2D eigenvalue weighted by molar-refractivity contribution is 9.10. The fourth-order valence-electron chi connectivity index (χ4n) is 6.51. The van der Waals surface area contributed by atoms with Crippen molar-refractivity contribution in [1.82, 2.24) is 20.6 Å². The molecule has 2 aliphatic carbocycles. The molecule has 6 rings (SSSR count). The Balaban J connectivity index is 1.13. The van der Waals surface area contributed by atoms with Gasteiger partial charge in [-0.1, -0.05) is 36.4 Å². The van der Waals surface area contributed by atoms with Crippen LogP contribution in [-0.4, -0.2) is 80.8 Å². The molecule has 4 aromatic rings. The molecule has 2 aromatic heterocycles. The Kier molecular flexibility index (Phi) is 16.2. The largest absolute Gasteiger partial charge is 0.481 e. The van der Waals surface area contributed by atoms with Gasteiger partial charge in [-0.15, -0.1) is 0 Å². The van der Waals surface area contributed by atoms with E-state index in [-0.39, 0.29) is 39.1 Å². The number of hydrogen-bond donors (Lipinski definition) is 6. The van der Waals surface area contributed by atoms with Gasteiger partial charge in [-0.3, -0.25) is 9.59 Å². The molecule has 2 saturated carbocycles. The summed E-state index contributed by atoms with van der Waals surface area (Å²) in [6, 6.07) is 16.0. The van der Waals surface area contributed by atoms with Crippen LogP contribution in [0.5, 0.6) is 23.5 Å². The number of nitrogens with zero attached hydrogens (tertiary/aromatic N) is 2. The predicted molar refractivity (Wildman–Crippen MR) is 230 cm³/mol. The third kappa shape index (κ3) is 13.3. The maximum Gasteiger partial charge on any atom is 0.306 e. The number of aliphatic carboxylic acids is 2. The number of benzene rings is 2. The monoisotopic (exact) mass is 954 g/mol. The highest BCUT2D eigenvalue weighted by Crippen LogP contribution is 2.36. The average molecular weight is 957 g/mol. The van der Waals surface area contributed by atoms with Crippen LogP contribution in [0.2, 0.25) is 0 Å². The maximum absolute atomic E-state index is 10.9. The van der Waals surface area contributed by atoms with E-state index in [2.05, 4.69) is 68.5 Å². The van der Waals surface area contributed by atoms with Crippen LogP contribution in [0.3, 0.4) is 0 Å². The van der Waals surface area contributed by atoms with Crippen LogP contribution in [0.4, 0.5) is 0 Å². The number of aliphatic hydroxyl groups is 2. The first kappa shape index (κ1) is 45.2. The summed E-state index contributed by atoms with van der Waals surface area (Å²) in [7, 11) is 0. The summed E-state index contributed by atoms with van der Waals surface area (Å²) in [5.74, 6) is 0.519. The zero-order chi connectivity index (χ0) is 42.8. The number of carboxylic acid groups (broad SMARTS) is 2. The summed E-state index contributed by atoms with van der Waals surface area (Å²) in [5.41, 5.74) is 7.73. The van der Waals surface area contributed by atoms with E-state index in [0.29, 0.717) is 70.6 Å². The van der Waals surface area contributed by atoms with Gasteiger partial charge in [0.1, 0.15) is 13.2 Å². The first-order chi connectivity index (χ1) is 28.8. The Morgan fingerprint density at radius 2 is 1.05 bits per heavy atom. The smallest absolute Gasteiger partial charge is 0.306 e. The van der Waals surface area contributed by atoms with Crippen molar-refractivity contribution >= 4 is 43.8 Å². The van der Waals surface area contributed by atoms with Gasteiger partial charge in [-0.25, -0.2) is 0 Å². The number of nitrogens with one attached hydrogen (secondary N) is 2. The SMILES string of the molecule is Cc1c(COc2nc(OCC3CC3)c(CNC[C@@H](O)CC(=O)O)cc2Br)cccc1-c1cccc(COc2nc(OCC3CC3)c(CNC[C@@H](O)CC(=O)O)cc2Br)c1C. The summed E-state index contributed by atoms with van der Waals surface area (Å²) in [6.07, 6.45) is 1.76. The lowest BCUT2D eigenvalue weighted by molar-refractivity contribution is -0.140. The molecule has 2 atom stereocenters. The van der Waals surface area contributed by atoms with Crippen LogP contribution < -0.4 is 29.6 Å². The number of hydrogen-bond acceptors (Lipinski definition) is 12. The summed E-state index contributed by atoms with van der Waals surface area (Å²) < 4.78 is 26.1. The fraction of sp³-hybridized carbons (Fsp3) is 0.455. The fourth-order valence-corrected chi connectivity index (χ4v) is 7.46. The van der Waals surface area contributed by atoms with Gasteiger partial charge in [-0.05, 0) is 129 Å². The average Bonchev–Trinajstić information content (AvgIpc) is 4.14. The molecule has 2 heterocycles. The highest BCUT2D eigenvalue weighted by atomic mass is 79.9. The number of pyridine rings is 2. The molecule has 60 heavy (non-hydrogen) atoms. The summed E-state index contributed by atoms with van der Waals surface area (Å²) in [6.45, 7) is 6.63. The minimum Gasteiger partial charge on any atom is -0.481 e. The van der Waals surface area contributed by atoms with Gasteiger partial charge in [0, 0.05) is 37.3 Å². The Bertz CT molecular complexity index is 1980. The van der Waals surface area contributed by atoms with Gasteiger partial charge in [-0.2, -0.15) is 9.97 Å². The number of ether oxygens (including phenoxy) is 4. The van der Waals surface area contributed by atoms with Crippen molar-refractivity contribution < 1.29 is 49.0 Å². The van der Waals surface area contributed by atoms with E-state index < -0.39 is 24.1 Å². The second-order valence-electron chi connectivity index (χ2n) is 15.5. The van der Waals surface area contributed by atoms with Gasteiger partial charge >= 0.3 is 11.9 Å². The van der Waals surface area contributed by atoms with Gasteiger partial charge in [0.15, 0.2) is 0 Å². The van der Waals surface area contributed by atoms with Gasteiger partial charge < -0.3 is 50.0 Å². The Hall–Kier alpha value is -4.32. The molecule has 16 heteroatoms. The number of carboxylic acids is 2. The van der Waals surface area contributed by atoms with E-state index >= 15 is 0 Å². The standard InChI is InChI=1S/C44H52Br2N4O10/c1-25-29(23-59-43-37(45)13-31(17-47-19-33(51)15-39(53)54)41(49-43)57-21-27-9-10-27)5-3-7-35(25)36-8-4-6-30(26(36)2)24-60-44-38(46)14-32(18-48-20-34(52)16-40(55)56)42(50-44)58-22-28-11-12-28/h3-8,13-14,27-28,33-34,47-48,51-52H,9-12,15-24H2,1-2H3,(H,53,54)(H,55,56)/t33-,34-/m0/s1. The summed E-state index contributed by atoms with van der Waals surface area (Å²) >= 11 is 7.23. The quantitative estimate of drug-likeness (QED) is 0.0402. The molecule has 0 bridgehead atoms. The second kappa shape index (κ2) is 21.5. The lowest BCUT2D eigenvalue weighted by Crippen LogP contribution is -2.28. The summed E-state index contributed by atoms with van der Waals surface area (Å²) in [4.78, 5) is 31.4. The number of carbonyl (C=O) groups is 2. The van der Waals surface area contributed by atoms with Crippen LogP contribution >= 0.6 is 31.9 Å². The van der Waals surface area contributed by atoms with Gasteiger partial charge in [0.2, 0.25) is 23.5 Å². The Labute approximate surface area is 366 Å². The molecular formula is C44H52Br2N4O10. The maximum atomic E-state index is 10.9. The minimum absolute atomic E-state index is 0.112. The molecule has 0 aliphatic heterocycles. The number of rotatable bonds is 25. The third-order valence-electron chi connectivity index (χ3n) is 10.4. The molecule has 2 aliphatic rings. The lowest BCUT2D eigenvalue weighted by Gasteiger charge is -2.18. The van der Waals surface area contributed by atoms with Crippen molar-refractivity contribution in [2.24, 2.45) is 11.8 Å². The van der Waals surface area contributed by atoms with E-state index in [0.717, 1.165) is 70.2 Å². The molecule has 14 nitrogen and oxygen atoms in total. The minimum atomic E-state index is -1.06. The molecule has 0 unspecified atom stereocenters. The number of aromatic nitrogens is 2. The summed E-state index contributed by atoms with van der Waals surface area (Å²) in [5, 5.41) is 44.1. The van der Waals surface area contributed by atoms with Crippen molar-refractivity contribution in [3.05, 3.63) is 90.9 Å². The molecule has 6 N–H and O–H groups in total. The van der Waals surface area contributed by atoms with Crippen molar-refractivity contribution in [2.75, 3.05) is 26.3 Å². The van der Waals surface area contributed by atoms with Crippen LogP contribution in [0.25, 0.3) is 11.1 Å². The molecule has 2 aromatic carbocycles. The zero-order valence-electron chi connectivity index (χ0n) is 33.7. The topological polar surface area (TPSA) is 202 Å². The van der Waals surface area contributed by atoms with Gasteiger partial charge in [0.05, 0.1) is 47.2 Å². The van der Waals surface area contributed by atoms with E-state index in [9.17, 15) is 19.8 Å². The number of halogens is 2. The molecular weight excluding hydrogens is 904 g/mol. The van der Waals surface area contributed by atoms with Crippen molar-refractivity contribution in [3.63, 3.8) is 0 Å². The van der Waals surface area contributed by atoms with E-state index in [1.165, 1.54) is 0 Å². The molecule has 0 radical (unpaired) electrons. The van der Waals surface area contributed by atoms with Crippen LogP contribution in [0.15, 0.2) is 57.5 Å². The van der Waals surface area contributed by atoms with Crippen LogP contribution in [0.1, 0.15) is 71.9 Å². The Morgan fingerprint density at radius 1 is 0.650 bits per heavy atom. The third-order valence-corrected chi connectivity index (χ3v) is 11.5. The molecule has 322 valence electrons. The predicted octanol–water partition coefficient (Wildman–Crippen LogP) is 6.87. The van der Waals surface area contributed by atoms with E-state index in [1.807, 2.05) is 36.4 Å². The van der Waals surface area contributed by atoms with E-state index in [1.54, 1.807) is 0 Å². The first-order valence-corrected chi connectivity index (χ1v) is 21.7. The molecule has 0 spiro atoms. The zero-order valence-corrected chi connectivity index (χ0v) is 36.9. The van der Waals surface area contributed by atoms with Crippen molar-refractivity contribution in [1.29, 1.82) is 0 Å². The molecule has 0 saturated heterocycles. The second-order valence-corrected chi connectivity index (χ2v) is 17.2. The van der Waals surface area contributed by atoms with Crippen molar-refractivity contribution in [3.8, 4) is 34.6 Å². The van der Waals surface area contributed by atoms with Gasteiger partial charge in [0.25, 0.3) is 0 Å². The lowest BCUT2D eigenvalue weighted by atomic mass is 9.92. The van der Waals surface area contributed by atoms with Crippen molar-refractivity contribution in [2.45, 2.75) is 90.9 Å². The first-order valence-electron chi connectivity index (χ1n) is 20.1. The molecule has 2 fully saturated rings. The van der Waals surface area contributed by atoms with Crippen LogP contribution in [-0.2, 0) is 35.9 Å². The normalized spacial score (nSPS) is 14.7.